The Labute approximate surface area is 632 Å². The molecule has 0 saturated heterocycles. The number of ether oxygens (including phenoxy) is 3. The van der Waals surface area contributed by atoms with E-state index in [1.165, 1.54) is 22.3 Å². The highest BCUT2D eigenvalue weighted by molar-refractivity contribution is 6.01. The molecule has 4 N–H and O–H groups in total. The lowest BCUT2D eigenvalue weighted by Crippen LogP contribution is -2.16. The third-order valence-corrected chi connectivity index (χ3v) is 20.9. The van der Waals surface area contributed by atoms with Crippen molar-refractivity contribution in [3.63, 3.8) is 0 Å². The second-order valence-corrected chi connectivity index (χ2v) is 32.4. The lowest BCUT2D eigenvalue weighted by Gasteiger charge is -2.26. The number of methoxy groups -OCH3 is 3. The fraction of sp³-hybridized carbons (Fsp3) is 0.196. The van der Waals surface area contributed by atoms with E-state index in [1.807, 2.05) is 36.4 Å². The summed E-state index contributed by atoms with van der Waals surface area (Å²) in [6.45, 7) is 27.5. The molecule has 4 aliphatic heterocycles. The molecule has 12 aromatic rings. The van der Waals surface area contributed by atoms with E-state index in [9.17, 15) is 0 Å². The van der Waals surface area contributed by atoms with Gasteiger partial charge in [0.2, 0.25) is 0 Å². The zero-order chi connectivity index (χ0) is 75.1. The van der Waals surface area contributed by atoms with Crippen molar-refractivity contribution in [2.45, 2.75) is 105 Å². The van der Waals surface area contributed by atoms with Gasteiger partial charge in [0.05, 0.1) is 89.0 Å². The Morgan fingerprint density at radius 2 is 0.463 bits per heavy atom. The molecule has 0 radical (unpaired) electrons. The summed E-state index contributed by atoms with van der Waals surface area (Å²) in [7, 11) is 5.06. The van der Waals surface area contributed by atoms with Gasteiger partial charge in [0, 0.05) is 66.5 Å². The SMILES string of the molecule is COc1ccc(-c2c3nc(c(-c4ccc(OC)cc4)c4ccc([nH]4)c(-c4ccc(OC)cc4)c4nc(c(C#Cc5c6nc(c(-c7cc(C(C)(C)C)cc(C(C)(C)C)c7)c7ccc([nH]7)c(-c7ccccc7)c7nc(c(-c8cc(C(C)(C)C)cc(C(C)(C)C)c8)c8ccc5[nH]8)C=C7)C=C6)c5ccc2[nH]5)C=C4)C=C3)cc1. The van der Waals surface area contributed by atoms with E-state index in [2.05, 4.69) is 315 Å². The predicted octanol–water partition coefficient (Wildman–Crippen LogP) is 24.2. The van der Waals surface area contributed by atoms with Gasteiger partial charge in [-0.25, -0.2) is 19.9 Å². The Morgan fingerprint density at radius 3 is 0.722 bits per heavy atom. The van der Waals surface area contributed by atoms with Crippen molar-refractivity contribution in [3.05, 3.63) is 267 Å². The summed E-state index contributed by atoms with van der Waals surface area (Å²) in [5.74, 6) is 9.99. The van der Waals surface area contributed by atoms with Crippen LogP contribution in [0.1, 0.15) is 162 Å². The Balaban J connectivity index is 1.04. The molecule has 6 aromatic heterocycles. The number of aromatic nitrogens is 8. The van der Waals surface area contributed by atoms with E-state index in [4.69, 9.17) is 34.1 Å². The first-order valence-electron chi connectivity index (χ1n) is 37.0. The summed E-state index contributed by atoms with van der Waals surface area (Å²) in [6, 6.07) is 66.5. The number of benzene rings is 6. The van der Waals surface area contributed by atoms with Crippen molar-refractivity contribution >= 4 is 92.7 Å². The van der Waals surface area contributed by atoms with Gasteiger partial charge in [0.15, 0.2) is 0 Å². The van der Waals surface area contributed by atoms with Crippen molar-refractivity contribution in [1.29, 1.82) is 0 Å². The monoisotopic (exact) mass is 1410 g/mol. The van der Waals surface area contributed by atoms with Crippen LogP contribution in [0.3, 0.4) is 0 Å². The second-order valence-electron chi connectivity index (χ2n) is 32.4. The molecule has 16 bridgehead atoms. The highest BCUT2D eigenvalue weighted by Gasteiger charge is 2.28. The summed E-state index contributed by atoms with van der Waals surface area (Å²) >= 11 is 0. The van der Waals surface area contributed by atoms with Gasteiger partial charge in [-0.2, -0.15) is 0 Å². The molecule has 0 unspecified atom stereocenters. The minimum Gasteiger partial charge on any atom is -0.497 e. The minimum absolute atomic E-state index is 0.170. The fourth-order valence-electron chi connectivity index (χ4n) is 14.8. The van der Waals surface area contributed by atoms with Crippen LogP contribution in [0.4, 0.5) is 0 Å². The average Bonchev–Trinajstić information content (AvgIpc) is 1.46. The average molecular weight is 1410 g/mol. The number of hydrogen-bond donors (Lipinski definition) is 4. The van der Waals surface area contributed by atoms with Crippen LogP contribution in [0, 0.1) is 11.8 Å². The van der Waals surface area contributed by atoms with Crippen LogP contribution < -0.4 is 14.2 Å². The number of fused-ring (bicyclic) bond motifs is 16. The second kappa shape index (κ2) is 27.1. The van der Waals surface area contributed by atoms with Crippen molar-refractivity contribution in [2.75, 3.05) is 21.3 Å². The molecule has 0 saturated carbocycles. The lowest BCUT2D eigenvalue weighted by atomic mass is 9.78. The molecule has 11 nitrogen and oxygen atoms in total. The molecule has 0 amide bonds. The standard InChI is InChI=1S/C97H88N8O3/c1-94(2,3)63-51-61(52-64(55-63)95(4,5)6)92-84-41-37-74(100-84)71(75-38-42-85(101-75)93(62-53-65(96(7,8)9)56-66(54-62)97(10,11)12)87-50-48-79(105-87)88(57-19-17-16-18-20-57)78-47-49-86(92)104-78)34-33-70-72-35-39-76(98-72)89(58-21-27-67(106-13)28-22-58)80-43-45-82(102-80)91(60-25-31-69(108-15)32-26-60)83-46-44-81(103-83)90(77-40-36-73(70)99-77)59-23-29-68(107-14)30-24-59/h16-32,35-56,98,100,103,105H,1-15H3. The highest BCUT2D eigenvalue weighted by Crippen LogP contribution is 2.44. The van der Waals surface area contributed by atoms with Gasteiger partial charge < -0.3 is 34.1 Å². The van der Waals surface area contributed by atoms with Crippen LogP contribution in [-0.2, 0) is 21.7 Å². The summed E-state index contributed by atoms with van der Waals surface area (Å²) in [4.78, 5) is 38.7. The summed E-state index contributed by atoms with van der Waals surface area (Å²) in [6.07, 6.45) is 17.0. The Hall–Kier alpha value is -12.5. The van der Waals surface area contributed by atoms with Gasteiger partial charge >= 0.3 is 0 Å². The molecule has 0 atom stereocenters. The number of nitrogens with one attached hydrogen (secondary N) is 4. The minimum atomic E-state index is -0.170. The molecule has 10 heterocycles. The zero-order valence-corrected chi connectivity index (χ0v) is 64.0. The molecule has 16 rings (SSSR count). The molecular weight excluding hydrogens is 1330 g/mol. The topological polar surface area (TPSA) is 142 Å². The van der Waals surface area contributed by atoms with E-state index < -0.39 is 0 Å². The van der Waals surface area contributed by atoms with E-state index >= 15 is 0 Å². The fourth-order valence-corrected chi connectivity index (χ4v) is 14.8. The normalized spacial score (nSPS) is 12.7. The largest absolute Gasteiger partial charge is 0.497 e. The van der Waals surface area contributed by atoms with Gasteiger partial charge in [-0.3, -0.25) is 0 Å². The zero-order valence-electron chi connectivity index (χ0n) is 64.0. The third kappa shape index (κ3) is 13.4. The van der Waals surface area contributed by atoms with Gasteiger partial charge in [0.1, 0.15) is 17.2 Å². The molecule has 4 aliphatic rings. The first-order valence-corrected chi connectivity index (χ1v) is 37.0. The van der Waals surface area contributed by atoms with Gasteiger partial charge in [0.25, 0.3) is 0 Å². The molecule has 11 heteroatoms. The van der Waals surface area contributed by atoms with Crippen molar-refractivity contribution in [1.82, 2.24) is 39.9 Å². The summed E-state index contributed by atoms with van der Waals surface area (Å²) in [5, 5.41) is 0. The lowest BCUT2D eigenvalue weighted by molar-refractivity contribution is 0.415. The number of aromatic amines is 4. The Kier molecular flexibility index (Phi) is 17.5. The van der Waals surface area contributed by atoms with Crippen LogP contribution in [0.2, 0.25) is 0 Å². The molecule has 108 heavy (non-hydrogen) atoms. The Bertz CT molecular complexity index is 6010. The maximum Gasteiger partial charge on any atom is 0.118 e. The first kappa shape index (κ1) is 69.8. The molecular formula is C97H88N8O3. The molecule has 6 aromatic carbocycles. The maximum absolute atomic E-state index is 5.83. The molecule has 0 spiro atoms. The Morgan fingerprint density at radius 1 is 0.241 bits per heavy atom. The van der Waals surface area contributed by atoms with E-state index in [0.29, 0.717) is 22.5 Å². The van der Waals surface area contributed by atoms with E-state index in [1.54, 1.807) is 21.3 Å². The number of H-pyrrole nitrogens is 4. The van der Waals surface area contributed by atoms with Gasteiger partial charge in [-0.1, -0.05) is 198 Å². The molecule has 0 aliphatic carbocycles. The molecule has 0 fully saturated rings. The van der Waals surface area contributed by atoms with Crippen molar-refractivity contribution < 1.29 is 14.2 Å². The number of hydrogen-bond acceptors (Lipinski definition) is 7. The van der Waals surface area contributed by atoms with E-state index in [-0.39, 0.29) is 21.7 Å². The molecule has 534 valence electrons. The van der Waals surface area contributed by atoms with Gasteiger partial charge in [-0.05, 0) is 211 Å². The van der Waals surface area contributed by atoms with Gasteiger partial charge in [-0.15, -0.1) is 0 Å². The highest BCUT2D eigenvalue weighted by atomic mass is 16.5. The third-order valence-electron chi connectivity index (χ3n) is 20.9. The predicted molar refractivity (Wildman–Crippen MR) is 451 cm³/mol. The van der Waals surface area contributed by atoms with Crippen LogP contribution in [0.25, 0.3) is 160 Å². The quantitative estimate of drug-likeness (QED) is 0.105. The first-order chi connectivity index (χ1) is 51.8. The summed E-state index contributed by atoms with van der Waals surface area (Å²) < 4.78 is 17.1. The van der Waals surface area contributed by atoms with E-state index in [0.717, 1.165) is 162 Å². The smallest absolute Gasteiger partial charge is 0.118 e. The van der Waals surface area contributed by atoms with Crippen LogP contribution in [0.5, 0.6) is 17.2 Å². The van der Waals surface area contributed by atoms with Crippen molar-refractivity contribution in [3.8, 4) is 95.9 Å². The van der Waals surface area contributed by atoms with Crippen molar-refractivity contribution in [2.24, 2.45) is 0 Å². The van der Waals surface area contributed by atoms with Crippen LogP contribution in [0.15, 0.2) is 188 Å². The summed E-state index contributed by atoms with van der Waals surface area (Å²) in [5.41, 5.74) is 30.2. The van der Waals surface area contributed by atoms with Crippen LogP contribution >= 0.6 is 0 Å². The number of rotatable bonds is 9. The van der Waals surface area contributed by atoms with Crippen LogP contribution in [-0.4, -0.2) is 61.2 Å². The maximum atomic E-state index is 5.83. The number of nitrogens with zero attached hydrogens (tertiary/aromatic N) is 4.